The fourth-order valence-electron chi connectivity index (χ4n) is 2.60. The van der Waals surface area contributed by atoms with E-state index in [9.17, 15) is 5.26 Å². The lowest BCUT2D eigenvalue weighted by atomic mass is 9.91. The molecule has 0 aliphatic heterocycles. The lowest BCUT2D eigenvalue weighted by molar-refractivity contribution is 0.410. The molecule has 4 heteroatoms. The molecule has 0 bridgehead atoms. The quantitative estimate of drug-likeness (QED) is 0.766. The van der Waals surface area contributed by atoms with Crippen LogP contribution >= 0.6 is 11.6 Å². The molecule has 0 saturated heterocycles. The van der Waals surface area contributed by atoms with Crippen LogP contribution in [0.3, 0.4) is 0 Å². The van der Waals surface area contributed by atoms with E-state index in [1.807, 2.05) is 30.3 Å². The molecule has 0 amide bonds. The van der Waals surface area contributed by atoms with Crippen molar-refractivity contribution in [3.05, 3.63) is 58.1 Å². The van der Waals surface area contributed by atoms with Crippen molar-refractivity contribution in [1.82, 2.24) is 0 Å². The van der Waals surface area contributed by atoms with Gasteiger partial charge in [0.2, 0.25) is 0 Å². The number of hydrogen-bond donors (Lipinski definition) is 0. The normalized spacial score (nSPS) is 11.6. The fraction of sp³-hybridized carbons (Fsp3) is 0.316. The van der Waals surface area contributed by atoms with E-state index < -0.39 is 0 Å². The van der Waals surface area contributed by atoms with Crippen molar-refractivity contribution < 1.29 is 9.47 Å². The van der Waals surface area contributed by atoms with E-state index in [4.69, 9.17) is 21.1 Å². The lowest BCUT2D eigenvalue weighted by Crippen LogP contribution is -2.02. The molecule has 1 atom stereocenters. The number of rotatable bonds is 6. The first-order valence-electron chi connectivity index (χ1n) is 7.51. The van der Waals surface area contributed by atoms with E-state index in [1.54, 1.807) is 14.2 Å². The first-order valence-corrected chi connectivity index (χ1v) is 7.89. The van der Waals surface area contributed by atoms with Crippen LogP contribution in [-0.4, -0.2) is 14.2 Å². The van der Waals surface area contributed by atoms with E-state index in [0.717, 1.165) is 28.9 Å². The van der Waals surface area contributed by atoms with E-state index in [0.29, 0.717) is 17.2 Å². The second-order valence-electron chi connectivity index (χ2n) is 5.28. The standard InChI is InChI=1S/C19H20ClNO2/c1-4-14-11-15(6-8-18(14)22-2)16(12-21)9-13-5-7-19(23-3)17(20)10-13/h5-8,10-11,16H,4,9H2,1-3H3. The first kappa shape index (κ1) is 17.2. The number of benzene rings is 2. The van der Waals surface area contributed by atoms with Crippen LogP contribution < -0.4 is 9.47 Å². The summed E-state index contributed by atoms with van der Waals surface area (Å²) in [5.74, 6) is 1.28. The number of ether oxygens (including phenoxy) is 2. The molecule has 0 heterocycles. The Kier molecular flexibility index (Phi) is 5.90. The molecular formula is C19H20ClNO2. The number of halogens is 1. The van der Waals surface area contributed by atoms with Crippen LogP contribution in [-0.2, 0) is 12.8 Å². The molecule has 0 saturated carbocycles. The second-order valence-corrected chi connectivity index (χ2v) is 5.69. The number of hydrogen-bond acceptors (Lipinski definition) is 3. The third kappa shape index (κ3) is 3.97. The highest BCUT2D eigenvalue weighted by Crippen LogP contribution is 2.30. The molecule has 0 fully saturated rings. The summed E-state index contributed by atoms with van der Waals surface area (Å²) in [6.45, 7) is 2.08. The van der Waals surface area contributed by atoms with E-state index >= 15 is 0 Å². The maximum absolute atomic E-state index is 9.56. The van der Waals surface area contributed by atoms with Gasteiger partial charge in [0.1, 0.15) is 11.5 Å². The highest BCUT2D eigenvalue weighted by Gasteiger charge is 2.15. The Morgan fingerprint density at radius 2 is 1.78 bits per heavy atom. The van der Waals surface area contributed by atoms with Crippen LogP contribution in [0.1, 0.15) is 29.5 Å². The van der Waals surface area contributed by atoms with Crippen LogP contribution in [0.5, 0.6) is 11.5 Å². The molecule has 2 aromatic rings. The molecule has 23 heavy (non-hydrogen) atoms. The van der Waals surface area contributed by atoms with Crippen LogP contribution in [0.15, 0.2) is 36.4 Å². The van der Waals surface area contributed by atoms with Crippen molar-refractivity contribution >= 4 is 11.6 Å². The minimum Gasteiger partial charge on any atom is -0.496 e. The lowest BCUT2D eigenvalue weighted by Gasteiger charge is -2.14. The molecule has 0 aliphatic rings. The van der Waals surface area contributed by atoms with Gasteiger partial charge in [-0.05, 0) is 47.7 Å². The summed E-state index contributed by atoms with van der Waals surface area (Å²) in [5.41, 5.74) is 3.12. The van der Waals surface area contributed by atoms with E-state index in [1.165, 1.54) is 0 Å². The molecule has 0 radical (unpaired) electrons. The van der Waals surface area contributed by atoms with Crippen molar-refractivity contribution in [2.45, 2.75) is 25.7 Å². The summed E-state index contributed by atoms with van der Waals surface area (Å²) in [5, 5.41) is 10.1. The van der Waals surface area contributed by atoms with Gasteiger partial charge in [0, 0.05) is 0 Å². The highest BCUT2D eigenvalue weighted by molar-refractivity contribution is 6.32. The zero-order valence-corrected chi connectivity index (χ0v) is 14.4. The average molecular weight is 330 g/mol. The summed E-state index contributed by atoms with van der Waals surface area (Å²) in [6, 6.07) is 14.0. The van der Waals surface area contributed by atoms with Crippen LogP contribution in [0.2, 0.25) is 5.02 Å². The Labute approximate surface area is 142 Å². The summed E-state index contributed by atoms with van der Waals surface area (Å²) >= 11 is 6.16. The molecule has 1 unspecified atom stereocenters. The molecule has 2 rings (SSSR count). The van der Waals surface area contributed by atoms with Gasteiger partial charge >= 0.3 is 0 Å². The van der Waals surface area contributed by atoms with Gasteiger partial charge in [-0.25, -0.2) is 0 Å². The van der Waals surface area contributed by atoms with Gasteiger partial charge in [-0.15, -0.1) is 0 Å². The zero-order chi connectivity index (χ0) is 16.8. The topological polar surface area (TPSA) is 42.2 Å². The monoisotopic (exact) mass is 329 g/mol. The Balaban J connectivity index is 2.27. The molecular weight excluding hydrogens is 310 g/mol. The Bertz CT molecular complexity index is 722. The van der Waals surface area contributed by atoms with E-state index in [-0.39, 0.29) is 5.92 Å². The smallest absolute Gasteiger partial charge is 0.137 e. The SMILES string of the molecule is CCc1cc(C(C#N)Cc2ccc(OC)c(Cl)c2)ccc1OC. The summed E-state index contributed by atoms with van der Waals surface area (Å²) in [7, 11) is 3.25. The molecule has 0 aliphatic carbocycles. The van der Waals surface area contributed by atoms with Crippen LogP contribution in [0.4, 0.5) is 0 Å². The Morgan fingerprint density at radius 3 is 2.35 bits per heavy atom. The predicted molar refractivity (Wildman–Crippen MR) is 92.4 cm³/mol. The second kappa shape index (κ2) is 7.89. The summed E-state index contributed by atoms with van der Waals surface area (Å²) in [6.07, 6.45) is 1.47. The minimum atomic E-state index is -0.226. The summed E-state index contributed by atoms with van der Waals surface area (Å²) in [4.78, 5) is 0. The van der Waals surface area contributed by atoms with Crippen molar-refractivity contribution in [1.29, 1.82) is 5.26 Å². The largest absolute Gasteiger partial charge is 0.496 e. The number of methoxy groups -OCH3 is 2. The maximum atomic E-state index is 9.56. The number of nitrogens with zero attached hydrogens (tertiary/aromatic N) is 1. The van der Waals surface area contributed by atoms with Crippen molar-refractivity contribution in [3.8, 4) is 17.6 Å². The number of nitriles is 1. The molecule has 0 N–H and O–H groups in total. The van der Waals surface area contributed by atoms with Crippen LogP contribution in [0.25, 0.3) is 0 Å². The number of aryl methyl sites for hydroxylation is 1. The summed E-state index contributed by atoms with van der Waals surface area (Å²) < 4.78 is 10.5. The average Bonchev–Trinajstić information content (AvgIpc) is 2.59. The fourth-order valence-corrected chi connectivity index (χ4v) is 2.88. The highest BCUT2D eigenvalue weighted by atomic mass is 35.5. The minimum absolute atomic E-state index is 0.226. The Hall–Kier alpha value is -2.18. The molecule has 3 nitrogen and oxygen atoms in total. The van der Waals surface area contributed by atoms with Crippen LogP contribution in [0, 0.1) is 11.3 Å². The van der Waals surface area contributed by atoms with Crippen molar-refractivity contribution in [2.24, 2.45) is 0 Å². The van der Waals surface area contributed by atoms with Crippen molar-refractivity contribution in [3.63, 3.8) is 0 Å². The van der Waals surface area contributed by atoms with Gasteiger partial charge in [0.25, 0.3) is 0 Å². The van der Waals surface area contributed by atoms with Gasteiger partial charge in [0.15, 0.2) is 0 Å². The molecule has 0 aromatic heterocycles. The van der Waals surface area contributed by atoms with Gasteiger partial charge in [-0.1, -0.05) is 36.7 Å². The third-order valence-corrected chi connectivity index (χ3v) is 4.19. The van der Waals surface area contributed by atoms with Crippen molar-refractivity contribution in [2.75, 3.05) is 14.2 Å². The Morgan fingerprint density at radius 1 is 1.09 bits per heavy atom. The molecule has 120 valence electrons. The molecule has 0 spiro atoms. The van der Waals surface area contributed by atoms with Gasteiger partial charge in [-0.2, -0.15) is 5.26 Å². The first-order chi connectivity index (χ1) is 11.1. The van der Waals surface area contributed by atoms with Gasteiger partial charge in [-0.3, -0.25) is 0 Å². The zero-order valence-electron chi connectivity index (χ0n) is 13.6. The van der Waals surface area contributed by atoms with Gasteiger partial charge in [0.05, 0.1) is 31.2 Å². The maximum Gasteiger partial charge on any atom is 0.137 e. The van der Waals surface area contributed by atoms with E-state index in [2.05, 4.69) is 19.1 Å². The third-order valence-electron chi connectivity index (χ3n) is 3.90. The molecule has 2 aromatic carbocycles. The van der Waals surface area contributed by atoms with Gasteiger partial charge < -0.3 is 9.47 Å². The predicted octanol–water partition coefficient (Wildman–Crippen LogP) is 4.77.